The first-order chi connectivity index (χ1) is 4.81. The first-order valence-corrected chi connectivity index (χ1v) is 4.05. The van der Waals surface area contributed by atoms with Crippen molar-refractivity contribution in [2.24, 2.45) is 0 Å². The topological polar surface area (TPSA) is 3.24 Å². The van der Waals surface area contributed by atoms with Crippen LogP contribution in [0.3, 0.4) is 0 Å². The molecule has 0 heterocycles. The van der Waals surface area contributed by atoms with Crippen LogP contribution in [0.5, 0.6) is 0 Å². The van der Waals surface area contributed by atoms with Crippen molar-refractivity contribution in [3.8, 4) is 0 Å². The highest BCUT2D eigenvalue weighted by Crippen LogP contribution is 1.93. The third-order valence-electron chi connectivity index (χ3n) is 1.57. The molecule has 0 spiro atoms. The molecule has 0 saturated carbocycles. The van der Waals surface area contributed by atoms with Crippen molar-refractivity contribution in [1.82, 2.24) is 4.90 Å². The summed E-state index contributed by atoms with van der Waals surface area (Å²) < 4.78 is 11.6. The van der Waals surface area contributed by atoms with Crippen molar-refractivity contribution in [2.45, 2.75) is 26.2 Å². The SMILES string of the molecule is CCCCN(C)CCCF. The third-order valence-corrected chi connectivity index (χ3v) is 1.57. The molecule has 0 atom stereocenters. The Morgan fingerprint density at radius 2 is 1.80 bits per heavy atom. The lowest BCUT2D eigenvalue weighted by Gasteiger charge is -2.14. The second-order valence-corrected chi connectivity index (χ2v) is 2.70. The van der Waals surface area contributed by atoms with Gasteiger partial charge in [-0.3, -0.25) is 4.39 Å². The highest BCUT2D eigenvalue weighted by Gasteiger charge is 1.95. The number of nitrogens with zero attached hydrogens (tertiary/aromatic N) is 1. The van der Waals surface area contributed by atoms with E-state index in [4.69, 9.17) is 0 Å². The normalized spacial score (nSPS) is 10.8. The van der Waals surface area contributed by atoms with Crippen LogP contribution < -0.4 is 0 Å². The molecular weight excluding hydrogens is 129 g/mol. The van der Waals surface area contributed by atoms with Gasteiger partial charge in [-0.05, 0) is 26.4 Å². The molecule has 10 heavy (non-hydrogen) atoms. The van der Waals surface area contributed by atoms with Crippen molar-refractivity contribution >= 4 is 0 Å². The number of alkyl halides is 1. The summed E-state index contributed by atoms with van der Waals surface area (Å²) in [6.45, 7) is 3.99. The zero-order valence-electron chi connectivity index (χ0n) is 7.07. The minimum Gasteiger partial charge on any atom is -0.306 e. The van der Waals surface area contributed by atoms with Gasteiger partial charge in [0, 0.05) is 6.54 Å². The summed E-state index contributed by atoms with van der Waals surface area (Å²) in [7, 11) is 2.05. The zero-order valence-corrected chi connectivity index (χ0v) is 7.07. The monoisotopic (exact) mass is 147 g/mol. The maximum atomic E-state index is 11.6. The van der Waals surface area contributed by atoms with Crippen LogP contribution in [0, 0.1) is 0 Å². The van der Waals surface area contributed by atoms with Gasteiger partial charge in [-0.1, -0.05) is 13.3 Å². The van der Waals surface area contributed by atoms with Gasteiger partial charge in [0.25, 0.3) is 0 Å². The molecule has 0 N–H and O–H groups in total. The Labute approximate surface area is 63.2 Å². The molecule has 0 aliphatic heterocycles. The largest absolute Gasteiger partial charge is 0.306 e. The van der Waals surface area contributed by atoms with Gasteiger partial charge in [0.1, 0.15) is 0 Å². The first kappa shape index (κ1) is 9.89. The zero-order chi connectivity index (χ0) is 7.82. The van der Waals surface area contributed by atoms with E-state index < -0.39 is 0 Å². The van der Waals surface area contributed by atoms with E-state index >= 15 is 0 Å². The average molecular weight is 147 g/mol. The molecule has 0 aromatic heterocycles. The second kappa shape index (κ2) is 7.00. The third kappa shape index (κ3) is 6.02. The number of rotatable bonds is 6. The lowest BCUT2D eigenvalue weighted by atomic mass is 10.3. The predicted molar refractivity (Wildman–Crippen MR) is 43.0 cm³/mol. The van der Waals surface area contributed by atoms with Crippen molar-refractivity contribution in [3.05, 3.63) is 0 Å². The van der Waals surface area contributed by atoms with Crippen LogP contribution >= 0.6 is 0 Å². The van der Waals surface area contributed by atoms with Crippen LogP contribution in [-0.4, -0.2) is 31.7 Å². The van der Waals surface area contributed by atoms with Gasteiger partial charge >= 0.3 is 0 Å². The smallest absolute Gasteiger partial charge is 0.0906 e. The van der Waals surface area contributed by atoms with Gasteiger partial charge in [-0.15, -0.1) is 0 Å². The second-order valence-electron chi connectivity index (χ2n) is 2.70. The number of halogens is 1. The van der Waals surface area contributed by atoms with E-state index in [1.165, 1.54) is 12.8 Å². The molecule has 0 saturated heterocycles. The maximum Gasteiger partial charge on any atom is 0.0906 e. The highest BCUT2D eigenvalue weighted by molar-refractivity contribution is 4.49. The quantitative estimate of drug-likeness (QED) is 0.556. The summed E-state index contributed by atoms with van der Waals surface area (Å²) in [5.74, 6) is 0. The number of hydrogen-bond acceptors (Lipinski definition) is 1. The summed E-state index contributed by atoms with van der Waals surface area (Å²) in [6, 6.07) is 0. The molecular formula is C8H18FN. The Kier molecular flexibility index (Phi) is 6.93. The summed E-state index contributed by atoms with van der Waals surface area (Å²) in [5, 5.41) is 0. The number of unbranched alkanes of at least 4 members (excludes halogenated alkanes) is 1. The van der Waals surface area contributed by atoms with Crippen LogP contribution in [-0.2, 0) is 0 Å². The molecule has 0 unspecified atom stereocenters. The van der Waals surface area contributed by atoms with Crippen molar-refractivity contribution in [3.63, 3.8) is 0 Å². The molecule has 0 radical (unpaired) electrons. The highest BCUT2D eigenvalue weighted by atomic mass is 19.1. The molecule has 0 aromatic carbocycles. The summed E-state index contributed by atoms with van der Waals surface area (Å²) >= 11 is 0. The van der Waals surface area contributed by atoms with E-state index in [-0.39, 0.29) is 6.67 Å². The van der Waals surface area contributed by atoms with Crippen molar-refractivity contribution in [2.75, 3.05) is 26.8 Å². The Bertz CT molecular complexity index is 58.3. The molecule has 0 bridgehead atoms. The van der Waals surface area contributed by atoms with Gasteiger partial charge in [0.15, 0.2) is 0 Å². The van der Waals surface area contributed by atoms with Gasteiger partial charge in [0.05, 0.1) is 6.67 Å². The maximum absolute atomic E-state index is 11.6. The summed E-state index contributed by atoms with van der Waals surface area (Å²) in [5.41, 5.74) is 0. The van der Waals surface area contributed by atoms with Crippen molar-refractivity contribution < 1.29 is 4.39 Å². The molecule has 1 nitrogen and oxygen atoms in total. The van der Waals surface area contributed by atoms with Gasteiger partial charge < -0.3 is 4.90 Å². The fraction of sp³-hybridized carbons (Fsp3) is 1.00. The minimum absolute atomic E-state index is 0.184. The van der Waals surface area contributed by atoms with Crippen LogP contribution in [0.1, 0.15) is 26.2 Å². The van der Waals surface area contributed by atoms with Crippen molar-refractivity contribution in [1.29, 1.82) is 0 Å². The van der Waals surface area contributed by atoms with E-state index in [9.17, 15) is 4.39 Å². The first-order valence-electron chi connectivity index (χ1n) is 4.05. The number of hydrogen-bond donors (Lipinski definition) is 0. The molecule has 2 heteroatoms. The molecule has 0 aliphatic carbocycles. The fourth-order valence-electron chi connectivity index (χ4n) is 0.870. The minimum atomic E-state index is -0.184. The van der Waals surface area contributed by atoms with E-state index in [0.29, 0.717) is 6.42 Å². The molecule has 0 fully saturated rings. The van der Waals surface area contributed by atoms with Crippen LogP contribution in [0.15, 0.2) is 0 Å². The van der Waals surface area contributed by atoms with Crippen LogP contribution in [0.4, 0.5) is 4.39 Å². The lowest BCUT2D eigenvalue weighted by Crippen LogP contribution is -2.21. The van der Waals surface area contributed by atoms with Crippen LogP contribution in [0.2, 0.25) is 0 Å². The van der Waals surface area contributed by atoms with Gasteiger partial charge in [-0.2, -0.15) is 0 Å². The van der Waals surface area contributed by atoms with E-state index in [1.54, 1.807) is 0 Å². The summed E-state index contributed by atoms with van der Waals surface area (Å²) in [6.07, 6.45) is 3.13. The van der Waals surface area contributed by atoms with E-state index in [1.807, 2.05) is 7.05 Å². The average Bonchev–Trinajstić information content (AvgIpc) is 1.97. The van der Waals surface area contributed by atoms with Crippen LogP contribution in [0.25, 0.3) is 0 Å². The predicted octanol–water partition coefficient (Wildman–Crippen LogP) is 2.08. The van der Waals surface area contributed by atoms with Gasteiger partial charge in [0.2, 0.25) is 0 Å². The molecule has 0 amide bonds. The molecule has 0 aliphatic rings. The lowest BCUT2D eigenvalue weighted by molar-refractivity contribution is 0.305. The Balaban J connectivity index is 3.00. The standard InChI is InChI=1S/C8H18FN/c1-3-4-7-10(2)8-5-6-9/h3-8H2,1-2H3. The molecule has 0 rings (SSSR count). The Morgan fingerprint density at radius 1 is 1.20 bits per heavy atom. The van der Waals surface area contributed by atoms with E-state index in [2.05, 4.69) is 11.8 Å². The fourth-order valence-corrected chi connectivity index (χ4v) is 0.870. The molecule has 62 valence electrons. The molecule has 0 aromatic rings. The Hall–Kier alpha value is -0.110. The Morgan fingerprint density at radius 3 is 2.30 bits per heavy atom. The summed E-state index contributed by atoms with van der Waals surface area (Å²) in [4.78, 5) is 2.18. The van der Waals surface area contributed by atoms with Gasteiger partial charge in [-0.25, -0.2) is 0 Å². The van der Waals surface area contributed by atoms with E-state index in [0.717, 1.165) is 13.1 Å².